The Labute approximate surface area is 158 Å². The molecular formula is C18H24ClN3O2S. The number of aromatic nitrogens is 2. The molecule has 0 radical (unpaired) electrons. The summed E-state index contributed by atoms with van der Waals surface area (Å²) in [5.41, 5.74) is 4.76. The van der Waals surface area contributed by atoms with Crippen LogP contribution in [0.4, 0.5) is 5.69 Å². The summed E-state index contributed by atoms with van der Waals surface area (Å²) < 4.78 is 7.24. The van der Waals surface area contributed by atoms with Crippen molar-refractivity contribution >= 4 is 35.0 Å². The van der Waals surface area contributed by atoms with E-state index in [9.17, 15) is 4.79 Å². The van der Waals surface area contributed by atoms with E-state index in [1.165, 1.54) is 11.8 Å². The highest BCUT2D eigenvalue weighted by Gasteiger charge is 2.14. The number of rotatable bonds is 7. The number of hydrogen-bond donors (Lipinski definition) is 1. The molecule has 0 aliphatic carbocycles. The van der Waals surface area contributed by atoms with Crippen LogP contribution in [0.1, 0.15) is 22.5 Å². The van der Waals surface area contributed by atoms with Crippen molar-refractivity contribution in [2.24, 2.45) is 0 Å². The van der Waals surface area contributed by atoms with Gasteiger partial charge >= 0.3 is 0 Å². The minimum Gasteiger partial charge on any atom is -0.383 e. The SMILES string of the molecule is COCCn1c(SCC(=O)Nc2c(C)cc(C)cc2Cl)nc(C)c1C. The van der Waals surface area contributed by atoms with E-state index >= 15 is 0 Å². The molecule has 1 aromatic carbocycles. The van der Waals surface area contributed by atoms with Crippen LogP contribution in [0.25, 0.3) is 0 Å². The monoisotopic (exact) mass is 381 g/mol. The van der Waals surface area contributed by atoms with Crippen molar-refractivity contribution in [2.45, 2.75) is 39.4 Å². The average molecular weight is 382 g/mol. The number of hydrogen-bond acceptors (Lipinski definition) is 4. The fourth-order valence-corrected chi connectivity index (χ4v) is 3.85. The Morgan fingerprint density at radius 2 is 2.04 bits per heavy atom. The maximum Gasteiger partial charge on any atom is 0.234 e. The summed E-state index contributed by atoms with van der Waals surface area (Å²) in [4.78, 5) is 16.9. The Kier molecular flexibility index (Phi) is 6.93. The van der Waals surface area contributed by atoms with Gasteiger partial charge in [-0.15, -0.1) is 0 Å². The summed E-state index contributed by atoms with van der Waals surface area (Å²) in [6.45, 7) is 9.23. The lowest BCUT2D eigenvalue weighted by molar-refractivity contribution is -0.113. The van der Waals surface area contributed by atoms with Gasteiger partial charge in [-0.2, -0.15) is 0 Å². The number of halogens is 1. The van der Waals surface area contributed by atoms with Crippen molar-refractivity contribution in [1.82, 2.24) is 9.55 Å². The van der Waals surface area contributed by atoms with Gasteiger partial charge in [0.15, 0.2) is 5.16 Å². The van der Waals surface area contributed by atoms with Crippen LogP contribution in [0.2, 0.25) is 5.02 Å². The Morgan fingerprint density at radius 3 is 2.68 bits per heavy atom. The lowest BCUT2D eigenvalue weighted by Gasteiger charge is -2.12. The second-order valence-corrected chi connectivity index (χ2v) is 7.33. The van der Waals surface area contributed by atoms with Crippen molar-refractivity contribution in [1.29, 1.82) is 0 Å². The van der Waals surface area contributed by atoms with E-state index in [0.717, 1.165) is 34.2 Å². The zero-order valence-electron chi connectivity index (χ0n) is 15.3. The van der Waals surface area contributed by atoms with Crippen molar-refractivity contribution in [2.75, 3.05) is 24.8 Å². The van der Waals surface area contributed by atoms with Crippen LogP contribution in [-0.2, 0) is 16.1 Å². The molecule has 0 aliphatic heterocycles. The molecule has 7 heteroatoms. The highest BCUT2D eigenvalue weighted by atomic mass is 35.5. The smallest absolute Gasteiger partial charge is 0.234 e. The van der Waals surface area contributed by atoms with Crippen LogP contribution in [-0.4, -0.2) is 34.9 Å². The van der Waals surface area contributed by atoms with Gasteiger partial charge in [-0.3, -0.25) is 4.79 Å². The first-order chi connectivity index (χ1) is 11.8. The van der Waals surface area contributed by atoms with E-state index in [2.05, 4.69) is 14.9 Å². The van der Waals surface area contributed by atoms with Gasteiger partial charge in [0.2, 0.25) is 5.91 Å². The molecule has 0 atom stereocenters. The summed E-state index contributed by atoms with van der Waals surface area (Å²) in [7, 11) is 1.67. The van der Waals surface area contributed by atoms with Crippen molar-refractivity contribution in [3.05, 3.63) is 39.7 Å². The van der Waals surface area contributed by atoms with Crippen LogP contribution in [0.15, 0.2) is 17.3 Å². The molecule has 0 saturated carbocycles. The van der Waals surface area contributed by atoms with Crippen LogP contribution in [0.3, 0.4) is 0 Å². The molecule has 0 aliphatic rings. The van der Waals surface area contributed by atoms with E-state index in [4.69, 9.17) is 16.3 Å². The summed E-state index contributed by atoms with van der Waals surface area (Å²) in [5, 5.41) is 4.29. The fraction of sp³-hybridized carbons (Fsp3) is 0.444. The van der Waals surface area contributed by atoms with E-state index in [0.29, 0.717) is 17.3 Å². The van der Waals surface area contributed by atoms with Gasteiger partial charge in [0.05, 0.1) is 28.8 Å². The highest BCUT2D eigenvalue weighted by molar-refractivity contribution is 7.99. The maximum absolute atomic E-state index is 12.3. The van der Waals surface area contributed by atoms with Crippen LogP contribution < -0.4 is 5.32 Å². The molecule has 2 aromatic rings. The molecule has 0 spiro atoms. The molecule has 1 amide bonds. The molecule has 25 heavy (non-hydrogen) atoms. The zero-order chi connectivity index (χ0) is 18.6. The van der Waals surface area contributed by atoms with Crippen LogP contribution >= 0.6 is 23.4 Å². The minimum atomic E-state index is -0.101. The summed E-state index contributed by atoms with van der Waals surface area (Å²) >= 11 is 7.67. The first-order valence-corrected chi connectivity index (χ1v) is 9.42. The average Bonchev–Trinajstić information content (AvgIpc) is 2.81. The third-order valence-electron chi connectivity index (χ3n) is 3.97. The fourth-order valence-electron chi connectivity index (χ4n) is 2.56. The van der Waals surface area contributed by atoms with Gasteiger partial charge in [0.25, 0.3) is 0 Å². The summed E-state index contributed by atoms with van der Waals surface area (Å²) in [6.07, 6.45) is 0. The van der Waals surface area contributed by atoms with E-state index < -0.39 is 0 Å². The second kappa shape index (κ2) is 8.74. The number of benzene rings is 1. The number of ether oxygens (including phenoxy) is 1. The van der Waals surface area contributed by atoms with Crippen molar-refractivity contribution < 1.29 is 9.53 Å². The quantitative estimate of drug-likeness (QED) is 0.732. The van der Waals surface area contributed by atoms with Crippen LogP contribution in [0.5, 0.6) is 0 Å². The number of nitrogens with one attached hydrogen (secondary N) is 1. The molecule has 0 bridgehead atoms. The number of thioether (sulfide) groups is 1. The topological polar surface area (TPSA) is 56.1 Å². The summed E-state index contributed by atoms with van der Waals surface area (Å²) in [5.74, 6) is 0.169. The lowest BCUT2D eigenvalue weighted by Crippen LogP contribution is -2.16. The number of anilines is 1. The molecule has 0 unspecified atom stereocenters. The predicted molar refractivity (Wildman–Crippen MR) is 104 cm³/mol. The molecule has 1 N–H and O–H groups in total. The number of carbonyl (C=O) groups is 1. The molecular weight excluding hydrogens is 358 g/mol. The zero-order valence-corrected chi connectivity index (χ0v) is 16.8. The number of carbonyl (C=O) groups excluding carboxylic acids is 1. The second-order valence-electron chi connectivity index (χ2n) is 5.99. The molecule has 136 valence electrons. The Balaban J connectivity index is 2.05. The Bertz CT molecular complexity index is 751. The third-order valence-corrected chi connectivity index (χ3v) is 5.24. The number of methoxy groups -OCH3 is 1. The van der Waals surface area contributed by atoms with Gasteiger partial charge in [0, 0.05) is 19.3 Å². The van der Waals surface area contributed by atoms with E-state index in [1.54, 1.807) is 7.11 Å². The lowest BCUT2D eigenvalue weighted by atomic mass is 10.1. The van der Waals surface area contributed by atoms with E-state index in [1.807, 2.05) is 39.8 Å². The van der Waals surface area contributed by atoms with Gasteiger partial charge in [-0.25, -0.2) is 4.98 Å². The number of imidazole rings is 1. The van der Waals surface area contributed by atoms with Gasteiger partial charge < -0.3 is 14.6 Å². The molecule has 1 heterocycles. The standard InChI is InChI=1S/C18H24ClN3O2S/c1-11-8-12(2)17(15(19)9-11)21-16(23)10-25-18-20-13(3)14(4)22(18)6-7-24-5/h8-9H,6-7,10H2,1-5H3,(H,21,23). The molecule has 0 fully saturated rings. The first kappa shape index (κ1) is 19.8. The normalized spacial score (nSPS) is 11.0. The van der Waals surface area contributed by atoms with E-state index in [-0.39, 0.29) is 11.7 Å². The van der Waals surface area contributed by atoms with Gasteiger partial charge in [-0.1, -0.05) is 29.4 Å². The number of aryl methyl sites for hydroxylation is 3. The van der Waals surface area contributed by atoms with Gasteiger partial charge in [-0.05, 0) is 44.9 Å². The van der Waals surface area contributed by atoms with Crippen molar-refractivity contribution in [3.8, 4) is 0 Å². The largest absolute Gasteiger partial charge is 0.383 e. The third kappa shape index (κ3) is 5.00. The minimum absolute atomic E-state index is 0.101. The summed E-state index contributed by atoms with van der Waals surface area (Å²) in [6, 6.07) is 3.85. The Morgan fingerprint density at radius 1 is 1.32 bits per heavy atom. The predicted octanol–water partition coefficient (Wildman–Crippen LogP) is 4.15. The van der Waals surface area contributed by atoms with Gasteiger partial charge in [0.1, 0.15) is 0 Å². The molecule has 2 rings (SSSR count). The first-order valence-electron chi connectivity index (χ1n) is 8.05. The van der Waals surface area contributed by atoms with Crippen LogP contribution in [0, 0.1) is 27.7 Å². The molecule has 5 nitrogen and oxygen atoms in total. The molecule has 1 aromatic heterocycles. The highest BCUT2D eigenvalue weighted by Crippen LogP contribution is 2.28. The Hall–Kier alpha value is -1.50. The number of nitrogens with zero attached hydrogens (tertiary/aromatic N) is 2. The maximum atomic E-state index is 12.3. The number of amides is 1. The molecule has 0 saturated heterocycles. The van der Waals surface area contributed by atoms with Crippen molar-refractivity contribution in [3.63, 3.8) is 0 Å².